The van der Waals surface area contributed by atoms with Gasteiger partial charge in [-0.05, 0) is 30.7 Å². The summed E-state index contributed by atoms with van der Waals surface area (Å²) in [4.78, 5) is 13.8. The number of carbonyl (C=O) groups excluding carboxylic acids is 1. The summed E-state index contributed by atoms with van der Waals surface area (Å²) >= 11 is 0. The zero-order valence-corrected chi connectivity index (χ0v) is 14.5. The van der Waals surface area contributed by atoms with Crippen molar-refractivity contribution in [2.75, 3.05) is 6.54 Å². The van der Waals surface area contributed by atoms with Gasteiger partial charge in [0.25, 0.3) is 0 Å². The molecule has 0 fully saturated rings. The van der Waals surface area contributed by atoms with Gasteiger partial charge in [-0.1, -0.05) is 18.2 Å². The van der Waals surface area contributed by atoms with Crippen molar-refractivity contribution < 1.29 is 17.6 Å². The predicted molar refractivity (Wildman–Crippen MR) is 92.9 cm³/mol. The van der Waals surface area contributed by atoms with Gasteiger partial charge in [0.15, 0.2) is 0 Å². The second-order valence-electron chi connectivity index (χ2n) is 6.17. The Balaban J connectivity index is 1.79. The molecule has 0 saturated heterocycles. The molecule has 4 rings (SSSR count). The molecule has 2 heterocycles. The van der Waals surface area contributed by atoms with Crippen LogP contribution in [-0.4, -0.2) is 25.8 Å². The Morgan fingerprint density at radius 3 is 2.56 bits per heavy atom. The maximum absolute atomic E-state index is 12.8. The molecule has 0 N–H and O–H groups in total. The van der Waals surface area contributed by atoms with Crippen LogP contribution in [0.3, 0.4) is 0 Å². The van der Waals surface area contributed by atoms with Crippen molar-refractivity contribution in [2.45, 2.75) is 29.7 Å². The molecule has 0 atom stereocenters. The Morgan fingerprint density at radius 2 is 1.84 bits per heavy atom. The van der Waals surface area contributed by atoms with Crippen LogP contribution >= 0.6 is 0 Å². The zero-order chi connectivity index (χ0) is 17.6. The van der Waals surface area contributed by atoms with E-state index in [1.807, 2.05) is 0 Å². The molecule has 0 spiro atoms. The highest BCUT2D eigenvalue weighted by Crippen LogP contribution is 2.33. The van der Waals surface area contributed by atoms with Gasteiger partial charge in [0.1, 0.15) is 11.3 Å². The summed E-state index contributed by atoms with van der Waals surface area (Å²) in [7, 11) is -3.58. The molecule has 0 aliphatic carbocycles. The average molecular weight is 355 g/mol. The molecule has 25 heavy (non-hydrogen) atoms. The molecule has 1 aliphatic rings. The maximum atomic E-state index is 12.8. The molecule has 2 aromatic carbocycles. The third-order valence-corrected chi connectivity index (χ3v) is 6.39. The zero-order valence-electron chi connectivity index (χ0n) is 13.7. The highest BCUT2D eigenvalue weighted by Gasteiger charge is 2.25. The highest BCUT2D eigenvalue weighted by atomic mass is 32.2. The molecule has 1 amide bonds. The molecule has 5 nitrogen and oxygen atoms in total. The number of fused-ring (bicyclic) bond motifs is 3. The minimum Gasteiger partial charge on any atom is -0.459 e. The van der Waals surface area contributed by atoms with Gasteiger partial charge in [-0.3, -0.25) is 4.79 Å². The van der Waals surface area contributed by atoms with E-state index in [4.69, 9.17) is 4.42 Å². The van der Waals surface area contributed by atoms with Crippen LogP contribution in [0.1, 0.15) is 18.2 Å². The number of hydrogen-bond acceptors (Lipinski definition) is 4. The Labute approximate surface area is 145 Å². The molecule has 1 aliphatic heterocycles. The molecule has 3 aromatic rings. The Hall–Kier alpha value is -2.60. The number of sulfone groups is 1. The number of nitrogens with zero attached hydrogens (tertiary/aromatic N) is 1. The number of benzene rings is 2. The van der Waals surface area contributed by atoms with Gasteiger partial charge in [0.2, 0.25) is 15.7 Å². The minimum atomic E-state index is -3.58. The third-order valence-electron chi connectivity index (χ3n) is 4.62. The molecular formula is C19H17NO4S. The lowest BCUT2D eigenvalue weighted by atomic mass is 10.0. The molecular weight excluding hydrogens is 338 g/mol. The number of rotatable bonds is 2. The molecule has 0 radical (unpaired) electrons. The van der Waals surface area contributed by atoms with Gasteiger partial charge in [0, 0.05) is 30.5 Å². The number of hydrogen-bond donors (Lipinski definition) is 0. The van der Waals surface area contributed by atoms with Crippen LogP contribution in [0.15, 0.2) is 62.7 Å². The number of furan rings is 1. The van der Waals surface area contributed by atoms with Crippen molar-refractivity contribution in [2.24, 2.45) is 0 Å². The fourth-order valence-electron chi connectivity index (χ4n) is 3.25. The second-order valence-corrected chi connectivity index (χ2v) is 8.12. The lowest BCUT2D eigenvalue weighted by Gasteiger charge is -2.24. The Morgan fingerprint density at radius 1 is 1.08 bits per heavy atom. The van der Waals surface area contributed by atoms with Crippen LogP contribution in [0.2, 0.25) is 0 Å². The van der Waals surface area contributed by atoms with Crippen molar-refractivity contribution in [3.8, 4) is 0 Å². The summed E-state index contributed by atoms with van der Waals surface area (Å²) in [5.74, 6) is 0.754. The van der Waals surface area contributed by atoms with E-state index in [1.54, 1.807) is 53.4 Å². The van der Waals surface area contributed by atoms with Crippen molar-refractivity contribution in [3.63, 3.8) is 0 Å². The van der Waals surface area contributed by atoms with Crippen molar-refractivity contribution in [3.05, 3.63) is 59.9 Å². The van der Waals surface area contributed by atoms with Crippen molar-refractivity contribution in [1.29, 1.82) is 0 Å². The van der Waals surface area contributed by atoms with E-state index < -0.39 is 9.84 Å². The van der Waals surface area contributed by atoms with Crippen LogP contribution in [-0.2, 0) is 27.6 Å². The van der Waals surface area contributed by atoms with E-state index in [-0.39, 0.29) is 15.7 Å². The molecule has 6 heteroatoms. The van der Waals surface area contributed by atoms with Crippen molar-refractivity contribution in [1.82, 2.24) is 4.90 Å². The van der Waals surface area contributed by atoms with Crippen LogP contribution < -0.4 is 0 Å². The lowest BCUT2D eigenvalue weighted by molar-refractivity contribution is -0.130. The van der Waals surface area contributed by atoms with Gasteiger partial charge in [-0.2, -0.15) is 0 Å². The minimum absolute atomic E-state index is 0.0125. The molecule has 1 aromatic heterocycles. The van der Waals surface area contributed by atoms with E-state index >= 15 is 0 Å². The first-order valence-electron chi connectivity index (χ1n) is 8.07. The summed E-state index contributed by atoms with van der Waals surface area (Å²) in [6, 6.07) is 13.3. The van der Waals surface area contributed by atoms with E-state index in [2.05, 4.69) is 0 Å². The average Bonchev–Trinajstić information content (AvgIpc) is 2.99. The van der Waals surface area contributed by atoms with E-state index in [9.17, 15) is 13.2 Å². The molecule has 0 bridgehead atoms. The van der Waals surface area contributed by atoms with Crippen molar-refractivity contribution >= 4 is 26.7 Å². The number of carbonyl (C=O) groups is 1. The Kier molecular flexibility index (Phi) is 3.65. The largest absolute Gasteiger partial charge is 0.459 e. The third kappa shape index (κ3) is 2.62. The summed E-state index contributed by atoms with van der Waals surface area (Å²) in [6.45, 7) is 2.62. The quantitative estimate of drug-likeness (QED) is 0.708. The SMILES string of the molecule is CC(=O)N1CCc2c(oc3cc(S(=O)(=O)c4ccccc4)ccc23)C1. The summed E-state index contributed by atoms with van der Waals surface area (Å²) in [6.07, 6.45) is 0.715. The topological polar surface area (TPSA) is 67.6 Å². The van der Waals surface area contributed by atoms with Crippen LogP contribution in [0.4, 0.5) is 0 Å². The summed E-state index contributed by atoms with van der Waals surface area (Å²) in [5.41, 5.74) is 1.61. The smallest absolute Gasteiger partial charge is 0.219 e. The molecule has 0 unspecified atom stereocenters. The van der Waals surface area contributed by atoms with Gasteiger partial charge in [0.05, 0.1) is 16.3 Å². The number of amides is 1. The van der Waals surface area contributed by atoms with Crippen LogP contribution in [0.5, 0.6) is 0 Å². The highest BCUT2D eigenvalue weighted by molar-refractivity contribution is 7.91. The van der Waals surface area contributed by atoms with E-state index in [1.165, 1.54) is 6.92 Å². The van der Waals surface area contributed by atoms with Gasteiger partial charge in [-0.25, -0.2) is 8.42 Å². The first-order chi connectivity index (χ1) is 12.0. The monoisotopic (exact) mass is 355 g/mol. The molecule has 128 valence electrons. The Bertz CT molecular complexity index is 1070. The normalized spacial score (nSPS) is 14.5. The fraction of sp³-hybridized carbons (Fsp3) is 0.211. The summed E-state index contributed by atoms with van der Waals surface area (Å²) in [5, 5.41) is 0.921. The van der Waals surface area contributed by atoms with Gasteiger partial charge in [-0.15, -0.1) is 0 Å². The van der Waals surface area contributed by atoms with Gasteiger partial charge < -0.3 is 9.32 Å². The maximum Gasteiger partial charge on any atom is 0.219 e. The second kappa shape index (κ2) is 5.74. The molecule has 0 saturated carbocycles. The first-order valence-corrected chi connectivity index (χ1v) is 9.55. The lowest BCUT2D eigenvalue weighted by Crippen LogP contribution is -2.33. The van der Waals surface area contributed by atoms with Gasteiger partial charge >= 0.3 is 0 Å². The summed E-state index contributed by atoms with van der Waals surface area (Å²) < 4.78 is 31.4. The predicted octanol–water partition coefficient (Wildman–Crippen LogP) is 3.17. The van der Waals surface area contributed by atoms with E-state index in [0.717, 1.165) is 16.7 Å². The van der Waals surface area contributed by atoms with Crippen LogP contribution in [0.25, 0.3) is 11.0 Å². The standard InChI is InChI=1S/C19H17NO4S/c1-13(21)20-10-9-17-16-8-7-15(11-18(16)24-19(17)12-20)25(22,23)14-5-3-2-4-6-14/h2-8,11H,9-10,12H2,1H3. The fourth-order valence-corrected chi connectivity index (χ4v) is 4.55. The van der Waals surface area contributed by atoms with Crippen LogP contribution in [0, 0.1) is 0 Å². The van der Waals surface area contributed by atoms with E-state index in [0.29, 0.717) is 25.1 Å². The first kappa shape index (κ1) is 15.9.